The normalized spacial score (nSPS) is 11.5. The van der Waals surface area contributed by atoms with E-state index in [1.54, 1.807) is 23.1 Å². The second kappa shape index (κ2) is 10.1. The lowest BCUT2D eigenvalue weighted by molar-refractivity contribution is 0.0983. The van der Waals surface area contributed by atoms with Crippen molar-refractivity contribution < 1.29 is 13.2 Å². The van der Waals surface area contributed by atoms with Crippen LogP contribution in [0.25, 0.3) is 10.2 Å². The Labute approximate surface area is 194 Å². The molecule has 0 bridgehead atoms. The van der Waals surface area contributed by atoms with Crippen LogP contribution in [-0.4, -0.2) is 57.6 Å². The molecule has 0 radical (unpaired) electrons. The summed E-state index contributed by atoms with van der Waals surface area (Å²) in [5.74, 6) is -0.344. The van der Waals surface area contributed by atoms with Crippen molar-refractivity contribution in [3.63, 3.8) is 0 Å². The fourth-order valence-electron chi connectivity index (χ4n) is 3.27. The van der Waals surface area contributed by atoms with Crippen LogP contribution in [0.15, 0.2) is 41.3 Å². The zero-order valence-corrected chi connectivity index (χ0v) is 20.8. The van der Waals surface area contributed by atoms with Crippen LogP contribution in [-0.2, 0) is 9.84 Å². The number of carbonyl (C=O) groups is 1. The highest BCUT2D eigenvalue weighted by atomic mass is 35.5. The summed E-state index contributed by atoms with van der Waals surface area (Å²) < 4.78 is 25.5. The van der Waals surface area contributed by atoms with Crippen molar-refractivity contribution in [3.8, 4) is 0 Å². The third-order valence-corrected chi connectivity index (χ3v) is 7.25. The molecule has 0 fully saturated rings. The summed E-state index contributed by atoms with van der Waals surface area (Å²) in [6.45, 7) is 5.32. The Morgan fingerprint density at radius 2 is 1.74 bits per heavy atom. The molecule has 0 saturated carbocycles. The maximum atomic E-state index is 13.5. The Hall–Kier alpha value is -2.00. The van der Waals surface area contributed by atoms with Gasteiger partial charge in [-0.1, -0.05) is 29.5 Å². The number of benzene rings is 2. The highest BCUT2D eigenvalue weighted by Crippen LogP contribution is 2.33. The highest BCUT2D eigenvalue weighted by Gasteiger charge is 2.26. The SMILES string of the molecule is Cc1ccc2sc(N(CCCN(C)C)C(=O)c3ccccc3S(C)(=O)=O)nc2c1C.Cl. The van der Waals surface area contributed by atoms with Crippen LogP contribution >= 0.6 is 23.7 Å². The molecule has 6 nitrogen and oxygen atoms in total. The number of thiazole rings is 1. The van der Waals surface area contributed by atoms with Crippen LogP contribution in [0.1, 0.15) is 27.9 Å². The van der Waals surface area contributed by atoms with Gasteiger partial charge < -0.3 is 4.90 Å². The van der Waals surface area contributed by atoms with Gasteiger partial charge in [-0.3, -0.25) is 9.69 Å². The lowest BCUT2D eigenvalue weighted by Crippen LogP contribution is -2.34. The molecule has 0 spiro atoms. The number of fused-ring (bicyclic) bond motifs is 1. The van der Waals surface area contributed by atoms with Gasteiger partial charge in [0.2, 0.25) is 0 Å². The lowest BCUT2D eigenvalue weighted by atomic mass is 10.1. The van der Waals surface area contributed by atoms with E-state index in [-0.39, 0.29) is 28.8 Å². The van der Waals surface area contributed by atoms with Crippen molar-refractivity contribution >= 4 is 54.8 Å². The van der Waals surface area contributed by atoms with Gasteiger partial charge in [-0.15, -0.1) is 12.4 Å². The van der Waals surface area contributed by atoms with Gasteiger partial charge in [0.15, 0.2) is 15.0 Å². The summed E-state index contributed by atoms with van der Waals surface area (Å²) >= 11 is 1.45. The minimum atomic E-state index is -3.54. The van der Waals surface area contributed by atoms with Crippen LogP contribution < -0.4 is 4.90 Å². The van der Waals surface area contributed by atoms with Crippen LogP contribution in [0.5, 0.6) is 0 Å². The van der Waals surface area contributed by atoms with Gasteiger partial charge in [-0.05, 0) is 70.2 Å². The molecule has 1 heterocycles. The van der Waals surface area contributed by atoms with E-state index in [0.29, 0.717) is 11.7 Å². The average molecular weight is 482 g/mol. The van der Waals surface area contributed by atoms with E-state index in [1.807, 2.05) is 34.0 Å². The highest BCUT2D eigenvalue weighted by molar-refractivity contribution is 7.90. The third-order valence-electron chi connectivity index (χ3n) is 5.05. The van der Waals surface area contributed by atoms with Gasteiger partial charge in [-0.2, -0.15) is 0 Å². The van der Waals surface area contributed by atoms with Crippen molar-refractivity contribution in [1.82, 2.24) is 9.88 Å². The average Bonchev–Trinajstić information content (AvgIpc) is 3.11. The largest absolute Gasteiger partial charge is 0.309 e. The van der Waals surface area contributed by atoms with E-state index in [0.717, 1.165) is 40.6 Å². The smallest absolute Gasteiger partial charge is 0.261 e. The standard InChI is InChI=1S/C22H27N3O3S2.ClH/c1-15-11-12-18-20(16(15)2)23-22(29-18)25(14-8-13-24(3)4)21(26)17-9-6-7-10-19(17)30(5,27)28;/h6-7,9-12H,8,13-14H2,1-5H3;1H. The van der Waals surface area contributed by atoms with Crippen molar-refractivity contribution in [3.05, 3.63) is 53.1 Å². The summed E-state index contributed by atoms with van der Waals surface area (Å²) in [7, 11) is 0.424. The Bertz CT molecular complexity index is 1190. The molecule has 0 aliphatic rings. The number of halogens is 1. The molecule has 0 saturated heterocycles. The van der Waals surface area contributed by atoms with Crippen LogP contribution in [0.3, 0.4) is 0 Å². The summed E-state index contributed by atoms with van der Waals surface area (Å²) in [5.41, 5.74) is 3.30. The first-order valence-corrected chi connectivity index (χ1v) is 12.4. The van der Waals surface area contributed by atoms with Crippen molar-refractivity contribution in [2.75, 3.05) is 38.3 Å². The van der Waals surface area contributed by atoms with E-state index < -0.39 is 9.84 Å². The van der Waals surface area contributed by atoms with E-state index in [1.165, 1.54) is 17.4 Å². The molecule has 31 heavy (non-hydrogen) atoms. The molecular formula is C22H28ClN3O3S2. The minimum Gasteiger partial charge on any atom is -0.309 e. The zero-order valence-electron chi connectivity index (χ0n) is 18.4. The first kappa shape index (κ1) is 25.3. The molecule has 2 aromatic carbocycles. The topological polar surface area (TPSA) is 70.6 Å². The first-order chi connectivity index (χ1) is 14.1. The lowest BCUT2D eigenvalue weighted by Gasteiger charge is -2.22. The van der Waals surface area contributed by atoms with Crippen LogP contribution in [0.4, 0.5) is 5.13 Å². The molecular weight excluding hydrogens is 454 g/mol. The number of hydrogen-bond acceptors (Lipinski definition) is 6. The molecule has 1 amide bonds. The predicted molar refractivity (Wildman–Crippen MR) is 131 cm³/mol. The number of nitrogens with zero attached hydrogens (tertiary/aromatic N) is 3. The number of hydrogen-bond donors (Lipinski definition) is 0. The third kappa shape index (κ3) is 5.63. The van der Waals surface area contributed by atoms with E-state index in [2.05, 4.69) is 11.0 Å². The Kier molecular flexibility index (Phi) is 8.21. The minimum absolute atomic E-state index is 0. The zero-order chi connectivity index (χ0) is 22.1. The summed E-state index contributed by atoms with van der Waals surface area (Å²) in [4.78, 5) is 22.0. The summed E-state index contributed by atoms with van der Waals surface area (Å²) in [6.07, 6.45) is 1.87. The van der Waals surface area contributed by atoms with Crippen molar-refractivity contribution in [2.45, 2.75) is 25.2 Å². The maximum Gasteiger partial charge on any atom is 0.261 e. The number of aryl methyl sites for hydroxylation is 2. The van der Waals surface area contributed by atoms with Crippen molar-refractivity contribution in [2.24, 2.45) is 0 Å². The molecule has 0 aliphatic heterocycles. The molecule has 0 unspecified atom stereocenters. The van der Waals surface area contributed by atoms with E-state index in [4.69, 9.17) is 4.98 Å². The maximum absolute atomic E-state index is 13.5. The summed E-state index contributed by atoms with van der Waals surface area (Å²) in [5, 5.41) is 0.589. The Morgan fingerprint density at radius 1 is 1.06 bits per heavy atom. The number of sulfone groups is 1. The number of amides is 1. The predicted octanol–water partition coefficient (Wildman–Crippen LogP) is 4.34. The molecule has 3 aromatic rings. The number of rotatable bonds is 7. The Morgan fingerprint density at radius 3 is 2.39 bits per heavy atom. The van der Waals surface area contributed by atoms with Gasteiger partial charge in [0, 0.05) is 12.8 Å². The van der Waals surface area contributed by atoms with Gasteiger partial charge in [0.1, 0.15) is 0 Å². The number of carbonyl (C=O) groups excluding carboxylic acids is 1. The van der Waals surface area contributed by atoms with Crippen LogP contribution in [0.2, 0.25) is 0 Å². The second-order valence-corrected chi connectivity index (χ2v) is 10.7. The summed E-state index contributed by atoms with van der Waals surface area (Å²) in [6, 6.07) is 10.4. The number of aromatic nitrogens is 1. The molecule has 9 heteroatoms. The van der Waals surface area contributed by atoms with Crippen molar-refractivity contribution in [1.29, 1.82) is 0 Å². The van der Waals surface area contributed by atoms with Gasteiger partial charge in [0.25, 0.3) is 5.91 Å². The van der Waals surface area contributed by atoms with E-state index in [9.17, 15) is 13.2 Å². The molecule has 1 aromatic heterocycles. The van der Waals surface area contributed by atoms with Crippen LogP contribution in [0, 0.1) is 13.8 Å². The fourth-order valence-corrected chi connectivity index (χ4v) is 5.20. The number of anilines is 1. The molecule has 0 N–H and O–H groups in total. The van der Waals surface area contributed by atoms with Gasteiger partial charge in [0.05, 0.1) is 20.7 Å². The van der Waals surface area contributed by atoms with Gasteiger partial charge in [-0.25, -0.2) is 13.4 Å². The Balaban J connectivity index is 0.00000341. The molecule has 3 rings (SSSR count). The second-order valence-electron chi connectivity index (χ2n) is 7.73. The fraction of sp³-hybridized carbons (Fsp3) is 0.364. The monoisotopic (exact) mass is 481 g/mol. The molecule has 0 aliphatic carbocycles. The quantitative estimate of drug-likeness (QED) is 0.502. The van der Waals surface area contributed by atoms with E-state index >= 15 is 0 Å². The molecule has 0 atom stereocenters. The molecule has 168 valence electrons. The first-order valence-electron chi connectivity index (χ1n) is 9.72. The van der Waals surface area contributed by atoms with Gasteiger partial charge >= 0.3 is 0 Å².